The summed E-state index contributed by atoms with van der Waals surface area (Å²) in [5.41, 5.74) is 0. The Morgan fingerprint density at radius 3 is 3.05 bits per heavy atom. The molecule has 2 aliphatic rings. The van der Waals surface area contributed by atoms with Crippen molar-refractivity contribution >= 4 is 17.6 Å². The smallest absolute Gasteiger partial charge is 0.317 e. The highest BCUT2D eigenvalue weighted by Crippen LogP contribution is 2.21. The fourth-order valence-corrected chi connectivity index (χ4v) is 2.71. The van der Waals surface area contributed by atoms with Gasteiger partial charge in [0.15, 0.2) is 0 Å². The van der Waals surface area contributed by atoms with Crippen LogP contribution >= 0.6 is 11.6 Å². The predicted molar refractivity (Wildman–Crippen MR) is 79.8 cm³/mol. The molecule has 2 saturated heterocycles. The molecule has 1 aromatic carbocycles. The average molecular weight is 311 g/mol. The third kappa shape index (κ3) is 3.80. The van der Waals surface area contributed by atoms with E-state index in [4.69, 9.17) is 21.1 Å². The molecule has 2 heterocycles. The van der Waals surface area contributed by atoms with Crippen LogP contribution in [0.2, 0.25) is 5.02 Å². The van der Waals surface area contributed by atoms with Crippen LogP contribution in [0.1, 0.15) is 12.8 Å². The number of hydrogen-bond donors (Lipinski definition) is 1. The van der Waals surface area contributed by atoms with E-state index in [1.807, 2.05) is 12.1 Å². The van der Waals surface area contributed by atoms with Gasteiger partial charge in [0.05, 0.1) is 19.2 Å². The molecule has 0 spiro atoms. The summed E-state index contributed by atoms with van der Waals surface area (Å²) in [6, 6.07) is 7.26. The van der Waals surface area contributed by atoms with Gasteiger partial charge in [-0.2, -0.15) is 0 Å². The van der Waals surface area contributed by atoms with Gasteiger partial charge in [0.2, 0.25) is 0 Å². The Morgan fingerprint density at radius 2 is 2.33 bits per heavy atom. The molecule has 0 saturated carbocycles. The van der Waals surface area contributed by atoms with Gasteiger partial charge in [0, 0.05) is 18.2 Å². The van der Waals surface area contributed by atoms with Crippen molar-refractivity contribution in [3.8, 4) is 5.75 Å². The van der Waals surface area contributed by atoms with Gasteiger partial charge in [-0.3, -0.25) is 0 Å². The minimum absolute atomic E-state index is 0.0388. The summed E-state index contributed by atoms with van der Waals surface area (Å²) >= 11 is 5.91. The second-order valence-corrected chi connectivity index (χ2v) is 5.86. The van der Waals surface area contributed by atoms with Crippen LogP contribution in [0, 0.1) is 0 Å². The van der Waals surface area contributed by atoms with Crippen LogP contribution < -0.4 is 10.1 Å². The molecule has 0 aromatic heterocycles. The molecule has 21 heavy (non-hydrogen) atoms. The second kappa shape index (κ2) is 6.54. The highest BCUT2D eigenvalue weighted by molar-refractivity contribution is 6.30. The number of carbonyl (C=O) groups is 1. The molecule has 2 fully saturated rings. The molecule has 2 aliphatic heterocycles. The zero-order valence-corrected chi connectivity index (χ0v) is 12.5. The molecule has 5 nitrogen and oxygen atoms in total. The molecule has 0 bridgehead atoms. The van der Waals surface area contributed by atoms with E-state index in [0.717, 1.165) is 25.2 Å². The lowest BCUT2D eigenvalue weighted by Gasteiger charge is -2.39. The van der Waals surface area contributed by atoms with Crippen molar-refractivity contribution in [1.29, 1.82) is 0 Å². The standard InChI is InChI=1S/C15H19ClN2O3/c16-11-3-1-4-12(7-11)21-14-9-18(10-14)15(19)17-8-13-5-2-6-20-13/h1,3-4,7,13-14H,2,5-6,8-10H2,(H,17,19)/t13-/m0/s1. The Morgan fingerprint density at radius 1 is 1.48 bits per heavy atom. The number of halogens is 1. The van der Waals surface area contributed by atoms with Gasteiger partial charge >= 0.3 is 6.03 Å². The van der Waals surface area contributed by atoms with Crippen molar-refractivity contribution in [3.63, 3.8) is 0 Å². The van der Waals surface area contributed by atoms with Gasteiger partial charge in [-0.1, -0.05) is 17.7 Å². The highest BCUT2D eigenvalue weighted by Gasteiger charge is 2.32. The van der Waals surface area contributed by atoms with E-state index < -0.39 is 0 Å². The fraction of sp³-hybridized carbons (Fsp3) is 0.533. The summed E-state index contributed by atoms with van der Waals surface area (Å²) in [6.07, 6.45) is 2.33. The first-order valence-corrected chi connectivity index (χ1v) is 7.65. The van der Waals surface area contributed by atoms with E-state index in [0.29, 0.717) is 24.7 Å². The third-order valence-corrected chi connectivity index (χ3v) is 3.97. The monoisotopic (exact) mass is 310 g/mol. The zero-order valence-electron chi connectivity index (χ0n) is 11.8. The van der Waals surface area contributed by atoms with E-state index in [1.54, 1.807) is 17.0 Å². The molecule has 2 amide bonds. The number of nitrogens with one attached hydrogen (secondary N) is 1. The van der Waals surface area contributed by atoms with Gasteiger partial charge in [0.1, 0.15) is 11.9 Å². The largest absolute Gasteiger partial charge is 0.487 e. The van der Waals surface area contributed by atoms with Crippen molar-refractivity contribution in [1.82, 2.24) is 10.2 Å². The molecule has 0 aliphatic carbocycles. The Kier molecular flexibility index (Phi) is 4.51. The molecule has 6 heteroatoms. The molecular weight excluding hydrogens is 292 g/mol. The molecule has 0 radical (unpaired) electrons. The van der Waals surface area contributed by atoms with Crippen LogP contribution in [0.15, 0.2) is 24.3 Å². The lowest BCUT2D eigenvalue weighted by molar-refractivity contribution is 0.0421. The van der Waals surface area contributed by atoms with Crippen LogP contribution in [0.3, 0.4) is 0 Å². The molecule has 1 N–H and O–H groups in total. The van der Waals surface area contributed by atoms with Crippen molar-refractivity contribution in [2.45, 2.75) is 25.0 Å². The molecular formula is C15H19ClN2O3. The lowest BCUT2D eigenvalue weighted by Crippen LogP contribution is -2.59. The van der Waals surface area contributed by atoms with Gasteiger partial charge in [-0.15, -0.1) is 0 Å². The number of likely N-dealkylation sites (tertiary alicyclic amines) is 1. The number of ether oxygens (including phenoxy) is 2. The maximum atomic E-state index is 11.9. The van der Waals surface area contributed by atoms with E-state index in [1.165, 1.54) is 0 Å². The Bertz CT molecular complexity index is 499. The number of nitrogens with zero attached hydrogens (tertiary/aromatic N) is 1. The fourth-order valence-electron chi connectivity index (χ4n) is 2.53. The molecule has 1 aromatic rings. The summed E-state index contributed by atoms with van der Waals surface area (Å²) in [6.45, 7) is 2.60. The Balaban J connectivity index is 1.37. The quantitative estimate of drug-likeness (QED) is 0.928. The summed E-state index contributed by atoms with van der Waals surface area (Å²) in [5.74, 6) is 0.743. The van der Waals surface area contributed by atoms with Crippen LogP contribution in [0.4, 0.5) is 4.79 Å². The summed E-state index contributed by atoms with van der Waals surface area (Å²) in [5, 5.41) is 3.56. The SMILES string of the molecule is O=C(NC[C@@H]1CCCO1)N1CC(Oc2cccc(Cl)c2)C1. The number of amides is 2. The number of carbonyl (C=O) groups excluding carboxylic acids is 1. The van der Waals surface area contributed by atoms with Crippen molar-refractivity contribution < 1.29 is 14.3 Å². The number of hydrogen-bond acceptors (Lipinski definition) is 3. The normalized spacial score (nSPS) is 22.0. The first-order chi connectivity index (χ1) is 10.2. The lowest BCUT2D eigenvalue weighted by atomic mass is 10.2. The molecule has 3 rings (SSSR count). The van der Waals surface area contributed by atoms with E-state index in [9.17, 15) is 4.79 Å². The van der Waals surface area contributed by atoms with E-state index in [-0.39, 0.29) is 18.2 Å². The van der Waals surface area contributed by atoms with Gasteiger partial charge in [0.25, 0.3) is 0 Å². The minimum Gasteiger partial charge on any atom is -0.487 e. The van der Waals surface area contributed by atoms with Crippen LogP contribution in [-0.4, -0.2) is 49.4 Å². The Hall–Kier alpha value is -1.46. The second-order valence-electron chi connectivity index (χ2n) is 5.42. The van der Waals surface area contributed by atoms with Gasteiger partial charge in [-0.05, 0) is 31.0 Å². The van der Waals surface area contributed by atoms with Gasteiger partial charge < -0.3 is 19.7 Å². The number of benzene rings is 1. The van der Waals surface area contributed by atoms with Crippen LogP contribution in [0.25, 0.3) is 0 Å². The maximum Gasteiger partial charge on any atom is 0.317 e. The summed E-state index contributed by atoms with van der Waals surface area (Å²) in [4.78, 5) is 13.7. The zero-order chi connectivity index (χ0) is 14.7. The van der Waals surface area contributed by atoms with Crippen molar-refractivity contribution in [2.24, 2.45) is 0 Å². The molecule has 0 unspecified atom stereocenters. The van der Waals surface area contributed by atoms with Crippen LogP contribution in [0.5, 0.6) is 5.75 Å². The number of urea groups is 1. The first-order valence-electron chi connectivity index (χ1n) is 7.27. The maximum absolute atomic E-state index is 11.9. The summed E-state index contributed by atoms with van der Waals surface area (Å²) < 4.78 is 11.2. The topological polar surface area (TPSA) is 50.8 Å². The molecule has 1 atom stereocenters. The van der Waals surface area contributed by atoms with Crippen molar-refractivity contribution in [3.05, 3.63) is 29.3 Å². The summed E-state index contributed by atoms with van der Waals surface area (Å²) in [7, 11) is 0. The third-order valence-electron chi connectivity index (χ3n) is 3.74. The predicted octanol–water partition coefficient (Wildman–Crippen LogP) is 2.29. The number of rotatable bonds is 4. The van der Waals surface area contributed by atoms with Crippen LogP contribution in [-0.2, 0) is 4.74 Å². The van der Waals surface area contributed by atoms with Gasteiger partial charge in [-0.25, -0.2) is 4.79 Å². The van der Waals surface area contributed by atoms with Crippen molar-refractivity contribution in [2.75, 3.05) is 26.2 Å². The Labute approximate surface area is 129 Å². The van der Waals surface area contributed by atoms with E-state index in [2.05, 4.69) is 5.32 Å². The first kappa shape index (κ1) is 14.5. The minimum atomic E-state index is -0.0450. The molecule has 114 valence electrons. The van der Waals surface area contributed by atoms with E-state index >= 15 is 0 Å². The highest BCUT2D eigenvalue weighted by atomic mass is 35.5. The average Bonchev–Trinajstić information content (AvgIpc) is 2.93.